The van der Waals surface area contributed by atoms with Crippen LogP contribution in [-0.2, 0) is 0 Å². The van der Waals surface area contributed by atoms with E-state index in [1.54, 1.807) is 5.57 Å². The lowest BCUT2D eigenvalue weighted by molar-refractivity contribution is 0.703. The van der Waals surface area contributed by atoms with E-state index in [-0.39, 0.29) is 0 Å². The first-order chi connectivity index (χ1) is 6.84. The maximum atomic E-state index is 3.43. The second-order valence-electron chi connectivity index (χ2n) is 3.90. The molecule has 0 saturated carbocycles. The molecule has 1 saturated heterocycles. The predicted octanol–water partition coefficient (Wildman–Crippen LogP) is 3.21. The summed E-state index contributed by atoms with van der Waals surface area (Å²) in [6.07, 6.45) is 6.14. The highest BCUT2D eigenvalue weighted by Crippen LogP contribution is 2.20. The Bertz CT molecular complexity index is 315. The summed E-state index contributed by atoms with van der Waals surface area (Å²) in [5, 5.41) is 5.68. The van der Waals surface area contributed by atoms with Crippen LogP contribution in [-0.4, -0.2) is 13.1 Å². The van der Waals surface area contributed by atoms with Crippen LogP contribution in [0.5, 0.6) is 0 Å². The van der Waals surface area contributed by atoms with Crippen molar-refractivity contribution in [1.82, 2.24) is 5.32 Å². The highest BCUT2D eigenvalue weighted by molar-refractivity contribution is 7.10. The van der Waals surface area contributed by atoms with Crippen LogP contribution in [0.2, 0.25) is 0 Å². The average Bonchev–Trinajstić information content (AvgIpc) is 2.43. The van der Waals surface area contributed by atoms with Gasteiger partial charge >= 0.3 is 0 Å². The van der Waals surface area contributed by atoms with Gasteiger partial charge in [0.1, 0.15) is 0 Å². The van der Waals surface area contributed by atoms with Gasteiger partial charge in [0.05, 0.1) is 0 Å². The number of hydrogen-bond donors (Lipinski definition) is 1. The summed E-state index contributed by atoms with van der Waals surface area (Å²) < 4.78 is 0. The van der Waals surface area contributed by atoms with Crippen molar-refractivity contribution in [3.63, 3.8) is 0 Å². The Balaban J connectivity index is 2.08. The maximum Gasteiger partial charge on any atom is 0.00203 e. The Morgan fingerprint density at radius 2 is 2.29 bits per heavy atom. The molecule has 1 aliphatic heterocycles. The summed E-state index contributed by atoms with van der Waals surface area (Å²) in [7, 11) is 0. The summed E-state index contributed by atoms with van der Waals surface area (Å²) in [6, 6.07) is 2.27. The third kappa shape index (κ3) is 2.69. The van der Waals surface area contributed by atoms with Crippen LogP contribution < -0.4 is 5.32 Å². The van der Waals surface area contributed by atoms with Crippen molar-refractivity contribution >= 4 is 17.4 Å². The van der Waals surface area contributed by atoms with E-state index in [2.05, 4.69) is 29.8 Å². The third-order valence-corrected chi connectivity index (χ3v) is 3.48. The van der Waals surface area contributed by atoms with Gasteiger partial charge in [-0.25, -0.2) is 0 Å². The molecule has 1 aromatic heterocycles. The van der Waals surface area contributed by atoms with Crippen LogP contribution in [0.3, 0.4) is 0 Å². The van der Waals surface area contributed by atoms with Crippen LogP contribution in [0.1, 0.15) is 29.7 Å². The van der Waals surface area contributed by atoms with Crippen LogP contribution in [0.15, 0.2) is 17.0 Å². The lowest BCUT2D eigenvalue weighted by Crippen LogP contribution is -2.13. The molecule has 0 aromatic carbocycles. The number of rotatable bonds is 1. The van der Waals surface area contributed by atoms with Crippen molar-refractivity contribution in [3.8, 4) is 0 Å². The third-order valence-electron chi connectivity index (χ3n) is 2.60. The van der Waals surface area contributed by atoms with E-state index in [1.807, 2.05) is 11.3 Å². The van der Waals surface area contributed by atoms with Crippen molar-refractivity contribution in [2.75, 3.05) is 13.1 Å². The van der Waals surface area contributed by atoms with Gasteiger partial charge < -0.3 is 5.32 Å². The molecule has 1 nitrogen and oxygen atoms in total. The highest BCUT2D eigenvalue weighted by Gasteiger charge is 2.03. The van der Waals surface area contributed by atoms with Crippen LogP contribution >= 0.6 is 11.3 Å². The van der Waals surface area contributed by atoms with Gasteiger partial charge in [0, 0.05) is 4.88 Å². The smallest absolute Gasteiger partial charge is 0.00203 e. The Morgan fingerprint density at radius 3 is 3.07 bits per heavy atom. The van der Waals surface area contributed by atoms with Crippen molar-refractivity contribution in [2.24, 2.45) is 0 Å². The van der Waals surface area contributed by atoms with E-state index in [0.717, 1.165) is 6.54 Å². The lowest BCUT2D eigenvalue weighted by Gasteiger charge is -2.00. The first kappa shape index (κ1) is 9.94. The average molecular weight is 207 g/mol. The second kappa shape index (κ2) is 4.76. The fourth-order valence-electron chi connectivity index (χ4n) is 1.86. The molecule has 2 rings (SSSR count). The summed E-state index contributed by atoms with van der Waals surface area (Å²) >= 11 is 1.84. The molecule has 0 amide bonds. The molecule has 0 atom stereocenters. The van der Waals surface area contributed by atoms with Crippen molar-refractivity contribution in [1.29, 1.82) is 0 Å². The molecule has 76 valence electrons. The molecule has 0 unspecified atom stereocenters. The van der Waals surface area contributed by atoms with Gasteiger partial charge in [-0.1, -0.05) is 11.6 Å². The van der Waals surface area contributed by atoms with Gasteiger partial charge in [0.25, 0.3) is 0 Å². The summed E-state index contributed by atoms with van der Waals surface area (Å²) in [4.78, 5) is 1.41. The molecule has 1 aliphatic rings. The molecule has 2 heterocycles. The minimum atomic E-state index is 1.15. The standard InChI is InChI=1S/C12H17NS/c1-10-7-12(9-14-10)8-11-3-2-5-13-6-4-11/h7-9,13H,2-6H2,1H3/b11-8-. The molecular weight excluding hydrogens is 190 g/mol. The molecular formula is C12H17NS. The Kier molecular flexibility index (Phi) is 3.38. The second-order valence-corrected chi connectivity index (χ2v) is 5.01. The van der Waals surface area contributed by atoms with E-state index < -0.39 is 0 Å². The van der Waals surface area contributed by atoms with Gasteiger partial charge in [0.2, 0.25) is 0 Å². The van der Waals surface area contributed by atoms with Crippen molar-refractivity contribution in [2.45, 2.75) is 26.2 Å². The fourth-order valence-corrected chi connectivity index (χ4v) is 2.52. The molecule has 0 spiro atoms. The van der Waals surface area contributed by atoms with E-state index in [9.17, 15) is 0 Å². The van der Waals surface area contributed by atoms with E-state index >= 15 is 0 Å². The first-order valence-electron chi connectivity index (χ1n) is 5.30. The largest absolute Gasteiger partial charge is 0.316 e. The number of thiophene rings is 1. The van der Waals surface area contributed by atoms with E-state index in [0.29, 0.717) is 0 Å². The topological polar surface area (TPSA) is 12.0 Å². The van der Waals surface area contributed by atoms with Crippen molar-refractivity contribution < 1.29 is 0 Å². The summed E-state index contributed by atoms with van der Waals surface area (Å²) in [5.41, 5.74) is 3.00. The quantitative estimate of drug-likeness (QED) is 0.745. The zero-order chi connectivity index (χ0) is 9.80. The first-order valence-corrected chi connectivity index (χ1v) is 6.18. The molecule has 0 radical (unpaired) electrons. The highest BCUT2D eigenvalue weighted by atomic mass is 32.1. The number of nitrogens with one attached hydrogen (secondary N) is 1. The number of hydrogen-bond acceptors (Lipinski definition) is 2. The molecule has 1 aromatic rings. The number of aryl methyl sites for hydroxylation is 1. The van der Waals surface area contributed by atoms with Gasteiger partial charge in [-0.15, -0.1) is 11.3 Å². The minimum Gasteiger partial charge on any atom is -0.316 e. The monoisotopic (exact) mass is 207 g/mol. The van der Waals surface area contributed by atoms with E-state index in [4.69, 9.17) is 0 Å². The van der Waals surface area contributed by atoms with Gasteiger partial charge in [-0.3, -0.25) is 0 Å². The van der Waals surface area contributed by atoms with Crippen LogP contribution in [0.4, 0.5) is 0 Å². The summed E-state index contributed by atoms with van der Waals surface area (Å²) in [5.74, 6) is 0. The fraction of sp³-hybridized carbons (Fsp3) is 0.500. The predicted molar refractivity (Wildman–Crippen MR) is 63.8 cm³/mol. The van der Waals surface area contributed by atoms with E-state index in [1.165, 1.54) is 36.2 Å². The maximum absolute atomic E-state index is 3.43. The van der Waals surface area contributed by atoms with Gasteiger partial charge in [0.15, 0.2) is 0 Å². The zero-order valence-corrected chi connectivity index (χ0v) is 9.49. The molecule has 0 aliphatic carbocycles. The molecule has 2 heteroatoms. The molecule has 1 N–H and O–H groups in total. The van der Waals surface area contributed by atoms with Gasteiger partial charge in [-0.05, 0) is 56.3 Å². The zero-order valence-electron chi connectivity index (χ0n) is 8.68. The Morgan fingerprint density at radius 1 is 1.36 bits per heavy atom. The molecule has 0 bridgehead atoms. The van der Waals surface area contributed by atoms with Gasteiger partial charge in [-0.2, -0.15) is 0 Å². The Labute approximate surface area is 89.8 Å². The lowest BCUT2D eigenvalue weighted by atomic mass is 10.1. The molecule has 14 heavy (non-hydrogen) atoms. The SMILES string of the molecule is Cc1cc(/C=C2/CCCNCC2)cs1. The van der Waals surface area contributed by atoms with Crippen molar-refractivity contribution in [3.05, 3.63) is 27.5 Å². The normalized spacial score (nSPS) is 21.1. The molecule has 1 fully saturated rings. The summed E-state index contributed by atoms with van der Waals surface area (Å²) in [6.45, 7) is 4.50. The van der Waals surface area contributed by atoms with Crippen LogP contribution in [0, 0.1) is 6.92 Å². The Hall–Kier alpha value is -0.600. The minimum absolute atomic E-state index is 1.15. The van der Waals surface area contributed by atoms with Crippen LogP contribution in [0.25, 0.3) is 6.08 Å².